The molecule has 0 bridgehead atoms. The van der Waals surface area contributed by atoms with Crippen LogP contribution in [0, 0.1) is 6.92 Å². The molecule has 27 heavy (non-hydrogen) atoms. The van der Waals surface area contributed by atoms with Crippen molar-refractivity contribution in [3.05, 3.63) is 59.4 Å². The molecule has 3 aromatic rings. The van der Waals surface area contributed by atoms with E-state index in [-0.39, 0.29) is 0 Å². The van der Waals surface area contributed by atoms with Crippen LogP contribution in [-0.4, -0.2) is 47.0 Å². The van der Waals surface area contributed by atoms with Gasteiger partial charge in [0.25, 0.3) is 0 Å². The molecule has 7 heteroatoms. The molecular formula is C20H23ClN6. The molecule has 6 nitrogen and oxygen atoms in total. The Hall–Kier alpha value is -2.70. The van der Waals surface area contributed by atoms with Gasteiger partial charge in [-0.1, -0.05) is 17.7 Å². The largest absolute Gasteiger partial charge is 0.353 e. The average molecular weight is 383 g/mol. The second-order valence-corrected chi connectivity index (χ2v) is 6.93. The standard InChI is InChI=1S/C20H23ClN6/c1-14-6-7-16(11-17(14)21)24-19-12-18(15-5-4-8-22-13-15)25-20(26-19)23-9-10-27(2)3/h4-8,11-13H,9-10H2,1-3H3,(H2,23,24,25,26). The second kappa shape index (κ2) is 8.79. The molecule has 0 unspecified atom stereocenters. The third-order valence-corrected chi connectivity index (χ3v) is 4.38. The molecule has 0 amide bonds. The van der Waals surface area contributed by atoms with Crippen LogP contribution in [0.1, 0.15) is 5.56 Å². The van der Waals surface area contributed by atoms with E-state index >= 15 is 0 Å². The first kappa shape index (κ1) is 19.1. The van der Waals surface area contributed by atoms with Gasteiger partial charge in [-0.05, 0) is 50.8 Å². The fourth-order valence-corrected chi connectivity index (χ4v) is 2.64. The summed E-state index contributed by atoms with van der Waals surface area (Å²) in [6.07, 6.45) is 3.53. The molecule has 0 aliphatic carbocycles. The first-order valence-corrected chi connectivity index (χ1v) is 9.10. The fourth-order valence-electron chi connectivity index (χ4n) is 2.46. The topological polar surface area (TPSA) is 66.0 Å². The lowest BCUT2D eigenvalue weighted by molar-refractivity contribution is 0.425. The smallest absolute Gasteiger partial charge is 0.225 e. The summed E-state index contributed by atoms with van der Waals surface area (Å²) in [6, 6.07) is 11.6. The SMILES string of the molecule is Cc1ccc(Nc2cc(-c3cccnc3)nc(NCCN(C)C)n2)cc1Cl. The maximum Gasteiger partial charge on any atom is 0.225 e. The predicted octanol–water partition coefficient (Wildman–Crippen LogP) is 4.22. The van der Waals surface area contributed by atoms with E-state index in [2.05, 4.69) is 30.5 Å². The van der Waals surface area contributed by atoms with Crippen molar-refractivity contribution in [2.45, 2.75) is 6.92 Å². The molecule has 0 saturated heterocycles. The fraction of sp³-hybridized carbons (Fsp3) is 0.250. The Balaban J connectivity index is 1.90. The van der Waals surface area contributed by atoms with Crippen molar-refractivity contribution in [2.75, 3.05) is 37.8 Å². The van der Waals surface area contributed by atoms with Crippen molar-refractivity contribution < 1.29 is 0 Å². The number of rotatable bonds is 7. The Morgan fingerprint density at radius 3 is 2.67 bits per heavy atom. The zero-order chi connectivity index (χ0) is 19.2. The summed E-state index contributed by atoms with van der Waals surface area (Å²) in [5.74, 6) is 1.26. The zero-order valence-electron chi connectivity index (χ0n) is 15.7. The molecule has 1 aromatic carbocycles. The minimum atomic E-state index is 0.568. The van der Waals surface area contributed by atoms with Crippen LogP contribution in [0.4, 0.5) is 17.5 Å². The summed E-state index contributed by atoms with van der Waals surface area (Å²) >= 11 is 6.24. The van der Waals surface area contributed by atoms with Gasteiger partial charge in [-0.2, -0.15) is 4.98 Å². The number of likely N-dealkylation sites (N-methyl/N-ethyl adjacent to an activating group) is 1. The van der Waals surface area contributed by atoms with Crippen LogP contribution in [-0.2, 0) is 0 Å². The molecule has 0 saturated carbocycles. The maximum absolute atomic E-state index is 6.24. The van der Waals surface area contributed by atoms with E-state index in [1.54, 1.807) is 12.4 Å². The molecule has 2 aromatic heterocycles. The van der Waals surface area contributed by atoms with Crippen LogP contribution in [0.3, 0.4) is 0 Å². The van der Waals surface area contributed by atoms with E-state index in [1.165, 1.54) is 0 Å². The van der Waals surface area contributed by atoms with Crippen LogP contribution < -0.4 is 10.6 Å². The van der Waals surface area contributed by atoms with Crippen LogP contribution in [0.2, 0.25) is 5.02 Å². The Morgan fingerprint density at radius 2 is 1.96 bits per heavy atom. The minimum Gasteiger partial charge on any atom is -0.353 e. The Kier molecular flexibility index (Phi) is 6.21. The lowest BCUT2D eigenvalue weighted by Gasteiger charge is -2.13. The van der Waals surface area contributed by atoms with E-state index < -0.39 is 0 Å². The number of anilines is 3. The molecule has 0 aliphatic rings. The van der Waals surface area contributed by atoms with Gasteiger partial charge >= 0.3 is 0 Å². The van der Waals surface area contributed by atoms with Crippen LogP contribution in [0.15, 0.2) is 48.8 Å². The van der Waals surface area contributed by atoms with Gasteiger partial charge in [-0.25, -0.2) is 4.98 Å². The number of pyridine rings is 1. The molecule has 140 valence electrons. The number of nitrogens with zero attached hydrogens (tertiary/aromatic N) is 4. The molecule has 0 radical (unpaired) electrons. The highest BCUT2D eigenvalue weighted by Crippen LogP contribution is 2.25. The number of aromatic nitrogens is 3. The van der Waals surface area contributed by atoms with Crippen LogP contribution in [0.25, 0.3) is 11.3 Å². The Morgan fingerprint density at radius 1 is 1.11 bits per heavy atom. The molecule has 2 N–H and O–H groups in total. The van der Waals surface area contributed by atoms with E-state index in [4.69, 9.17) is 11.6 Å². The molecule has 3 rings (SSSR count). The molecule has 0 spiro atoms. The summed E-state index contributed by atoms with van der Waals surface area (Å²) in [5, 5.41) is 7.31. The van der Waals surface area contributed by atoms with E-state index in [1.807, 2.05) is 57.4 Å². The molecule has 0 atom stereocenters. The first-order chi connectivity index (χ1) is 13.0. The van der Waals surface area contributed by atoms with Gasteiger partial charge in [0, 0.05) is 47.8 Å². The Labute approximate surface area is 164 Å². The third-order valence-electron chi connectivity index (χ3n) is 3.97. The van der Waals surface area contributed by atoms with Crippen molar-refractivity contribution in [1.82, 2.24) is 19.9 Å². The summed E-state index contributed by atoms with van der Waals surface area (Å²) < 4.78 is 0. The van der Waals surface area contributed by atoms with Gasteiger partial charge in [0.05, 0.1) is 5.69 Å². The van der Waals surface area contributed by atoms with Gasteiger partial charge < -0.3 is 15.5 Å². The summed E-state index contributed by atoms with van der Waals surface area (Å²) in [4.78, 5) is 15.5. The molecule has 0 fully saturated rings. The second-order valence-electron chi connectivity index (χ2n) is 6.52. The first-order valence-electron chi connectivity index (χ1n) is 8.72. The number of halogens is 1. The zero-order valence-corrected chi connectivity index (χ0v) is 16.5. The van der Waals surface area contributed by atoms with Gasteiger partial charge in [0.15, 0.2) is 0 Å². The monoisotopic (exact) mass is 382 g/mol. The quantitative estimate of drug-likeness (QED) is 0.637. The van der Waals surface area contributed by atoms with Crippen molar-refractivity contribution in [2.24, 2.45) is 0 Å². The lowest BCUT2D eigenvalue weighted by Crippen LogP contribution is -2.21. The number of aryl methyl sites for hydroxylation is 1. The predicted molar refractivity (Wildman–Crippen MR) is 112 cm³/mol. The molecular weight excluding hydrogens is 360 g/mol. The van der Waals surface area contributed by atoms with E-state index in [9.17, 15) is 0 Å². The number of benzene rings is 1. The number of hydrogen-bond donors (Lipinski definition) is 2. The average Bonchev–Trinajstić information content (AvgIpc) is 2.65. The van der Waals surface area contributed by atoms with Crippen molar-refractivity contribution in [3.8, 4) is 11.3 Å². The highest BCUT2D eigenvalue weighted by Gasteiger charge is 2.08. The highest BCUT2D eigenvalue weighted by molar-refractivity contribution is 6.31. The van der Waals surface area contributed by atoms with E-state index in [0.717, 1.165) is 35.6 Å². The van der Waals surface area contributed by atoms with Crippen LogP contribution >= 0.6 is 11.6 Å². The molecule has 0 aliphatic heterocycles. The third kappa shape index (κ3) is 5.39. The van der Waals surface area contributed by atoms with Crippen molar-refractivity contribution >= 4 is 29.1 Å². The summed E-state index contributed by atoms with van der Waals surface area (Å²) in [6.45, 7) is 3.61. The summed E-state index contributed by atoms with van der Waals surface area (Å²) in [5.41, 5.74) is 3.64. The highest BCUT2D eigenvalue weighted by atomic mass is 35.5. The van der Waals surface area contributed by atoms with Gasteiger partial charge in [-0.3, -0.25) is 4.98 Å². The minimum absolute atomic E-state index is 0.568. The van der Waals surface area contributed by atoms with Gasteiger partial charge in [0.2, 0.25) is 5.95 Å². The van der Waals surface area contributed by atoms with E-state index in [0.29, 0.717) is 16.8 Å². The van der Waals surface area contributed by atoms with Crippen molar-refractivity contribution in [3.63, 3.8) is 0 Å². The van der Waals surface area contributed by atoms with Gasteiger partial charge in [0.1, 0.15) is 5.82 Å². The van der Waals surface area contributed by atoms with Crippen molar-refractivity contribution in [1.29, 1.82) is 0 Å². The van der Waals surface area contributed by atoms with Crippen LogP contribution in [0.5, 0.6) is 0 Å². The number of nitrogens with one attached hydrogen (secondary N) is 2. The lowest BCUT2D eigenvalue weighted by atomic mass is 10.2. The maximum atomic E-state index is 6.24. The molecule has 2 heterocycles. The van der Waals surface area contributed by atoms with Gasteiger partial charge in [-0.15, -0.1) is 0 Å². The summed E-state index contributed by atoms with van der Waals surface area (Å²) in [7, 11) is 4.06. The Bertz CT molecular complexity index is 898. The normalized spacial score (nSPS) is 10.9. The number of hydrogen-bond acceptors (Lipinski definition) is 6.